The maximum absolute atomic E-state index is 12.1. The number of amides is 1. The van der Waals surface area contributed by atoms with Gasteiger partial charge in [0.2, 0.25) is 12.6 Å². The summed E-state index contributed by atoms with van der Waals surface area (Å²) in [5.41, 5.74) is 0.513. The summed E-state index contributed by atoms with van der Waals surface area (Å²) in [6.07, 6.45) is 0.174. The number of carbonyl (C=O) groups is 2. The van der Waals surface area contributed by atoms with Crippen molar-refractivity contribution in [3.05, 3.63) is 30.2 Å². The van der Waals surface area contributed by atoms with Crippen molar-refractivity contribution in [3.8, 4) is 11.5 Å². The summed E-state index contributed by atoms with van der Waals surface area (Å²) in [5.74, 6) is -0.124. The van der Waals surface area contributed by atoms with E-state index in [4.69, 9.17) is 23.7 Å². The number of nitrogens with one attached hydrogen (secondary N) is 1. The largest absolute Gasteiger partial charge is 0.493 e. The van der Waals surface area contributed by atoms with Gasteiger partial charge in [-0.1, -0.05) is 0 Å². The molecule has 1 aromatic carbocycles. The molecule has 2 aliphatic heterocycles. The second-order valence-corrected chi connectivity index (χ2v) is 4.81. The maximum atomic E-state index is 12.1. The molecule has 0 spiro atoms. The van der Waals surface area contributed by atoms with Crippen LogP contribution in [0.5, 0.6) is 11.5 Å². The zero-order chi connectivity index (χ0) is 16.2. The molecule has 1 amide bonds. The summed E-state index contributed by atoms with van der Waals surface area (Å²) in [6.45, 7) is 2.25. The van der Waals surface area contributed by atoms with Crippen LogP contribution in [0.4, 0.5) is 5.69 Å². The molecule has 0 saturated carbocycles. The number of fused-ring (bicyclic) bond motifs is 1. The molecule has 122 valence electrons. The van der Waals surface area contributed by atoms with Crippen molar-refractivity contribution in [1.82, 2.24) is 0 Å². The van der Waals surface area contributed by atoms with Crippen molar-refractivity contribution in [3.63, 3.8) is 0 Å². The average molecular weight is 321 g/mol. The molecule has 8 heteroatoms. The lowest BCUT2D eigenvalue weighted by Gasteiger charge is -2.17. The van der Waals surface area contributed by atoms with Crippen LogP contribution in [0, 0.1) is 0 Å². The minimum absolute atomic E-state index is 0.0565. The van der Waals surface area contributed by atoms with E-state index in [1.165, 1.54) is 13.2 Å². The van der Waals surface area contributed by atoms with E-state index in [9.17, 15) is 9.59 Å². The summed E-state index contributed by atoms with van der Waals surface area (Å²) in [6, 6.07) is 4.99. The van der Waals surface area contributed by atoms with Crippen LogP contribution in [0.3, 0.4) is 0 Å². The van der Waals surface area contributed by atoms with Gasteiger partial charge in [0.05, 0.1) is 0 Å². The van der Waals surface area contributed by atoms with Gasteiger partial charge in [-0.3, -0.25) is 4.79 Å². The standard InChI is InChI=1S/C15H15NO7/c1-9(23-15(18)13-7-19-4-5-20-13)14(17)16-10-2-3-11-12(6-10)22-8-21-11/h2-3,6-7,9H,4-5,8H2,1H3,(H,16,17)/t9-/m0/s1. The molecule has 0 unspecified atom stereocenters. The Morgan fingerprint density at radius 1 is 1.17 bits per heavy atom. The Morgan fingerprint density at radius 2 is 2.00 bits per heavy atom. The zero-order valence-corrected chi connectivity index (χ0v) is 12.4. The highest BCUT2D eigenvalue weighted by molar-refractivity contribution is 5.96. The lowest BCUT2D eigenvalue weighted by atomic mass is 10.2. The quantitative estimate of drug-likeness (QED) is 0.832. The number of hydrogen-bond donors (Lipinski definition) is 1. The van der Waals surface area contributed by atoms with E-state index in [0.717, 1.165) is 0 Å². The van der Waals surface area contributed by atoms with Gasteiger partial charge in [-0.15, -0.1) is 0 Å². The monoisotopic (exact) mass is 321 g/mol. The lowest BCUT2D eigenvalue weighted by Crippen LogP contribution is -2.31. The third-order valence-electron chi connectivity index (χ3n) is 3.14. The van der Waals surface area contributed by atoms with Crippen LogP contribution in [0.1, 0.15) is 6.92 Å². The number of carbonyl (C=O) groups excluding carboxylic acids is 2. The summed E-state index contributed by atoms with van der Waals surface area (Å²) in [5, 5.41) is 2.64. The highest BCUT2D eigenvalue weighted by Crippen LogP contribution is 2.34. The molecule has 8 nitrogen and oxygen atoms in total. The lowest BCUT2D eigenvalue weighted by molar-refractivity contribution is -0.153. The second-order valence-electron chi connectivity index (χ2n) is 4.81. The smallest absolute Gasteiger partial charge is 0.377 e. The Kier molecular flexibility index (Phi) is 4.22. The topological polar surface area (TPSA) is 92.3 Å². The van der Waals surface area contributed by atoms with Crippen LogP contribution < -0.4 is 14.8 Å². The van der Waals surface area contributed by atoms with Crippen LogP contribution in [-0.4, -0.2) is 38.0 Å². The van der Waals surface area contributed by atoms with E-state index in [1.807, 2.05) is 0 Å². The number of rotatable bonds is 4. The molecule has 0 fully saturated rings. The number of hydrogen-bond acceptors (Lipinski definition) is 7. The first-order valence-electron chi connectivity index (χ1n) is 6.99. The van der Waals surface area contributed by atoms with Gasteiger partial charge in [0.15, 0.2) is 17.6 Å². The summed E-state index contributed by atoms with van der Waals surface area (Å²) in [7, 11) is 0. The Hall–Kier alpha value is -2.90. The molecule has 1 atom stereocenters. The Labute approximate surface area is 131 Å². The molecule has 2 heterocycles. The summed E-state index contributed by atoms with van der Waals surface area (Å²) >= 11 is 0. The van der Waals surface area contributed by atoms with Crippen molar-refractivity contribution in [2.75, 3.05) is 25.3 Å². The van der Waals surface area contributed by atoms with Crippen LogP contribution in [0.15, 0.2) is 30.2 Å². The van der Waals surface area contributed by atoms with Gasteiger partial charge in [0.25, 0.3) is 5.91 Å². The number of anilines is 1. The second kappa shape index (κ2) is 6.47. The third-order valence-corrected chi connectivity index (χ3v) is 3.14. The molecular formula is C15H15NO7. The molecular weight excluding hydrogens is 306 g/mol. The van der Waals surface area contributed by atoms with E-state index in [-0.39, 0.29) is 19.2 Å². The highest BCUT2D eigenvalue weighted by Gasteiger charge is 2.24. The van der Waals surface area contributed by atoms with Crippen LogP contribution in [-0.2, 0) is 23.8 Å². The van der Waals surface area contributed by atoms with E-state index < -0.39 is 18.0 Å². The number of esters is 1. The number of benzene rings is 1. The van der Waals surface area contributed by atoms with Crippen molar-refractivity contribution in [1.29, 1.82) is 0 Å². The molecule has 3 rings (SSSR count). The van der Waals surface area contributed by atoms with E-state index in [0.29, 0.717) is 23.8 Å². The fourth-order valence-electron chi connectivity index (χ4n) is 1.97. The molecule has 0 bridgehead atoms. The summed E-state index contributed by atoms with van der Waals surface area (Å²) in [4.78, 5) is 23.9. The Balaban J connectivity index is 1.57. The third kappa shape index (κ3) is 3.47. The van der Waals surface area contributed by atoms with Gasteiger partial charge in [-0.05, 0) is 19.1 Å². The van der Waals surface area contributed by atoms with Gasteiger partial charge in [-0.2, -0.15) is 0 Å². The van der Waals surface area contributed by atoms with E-state index in [2.05, 4.69) is 5.32 Å². The first-order chi connectivity index (χ1) is 11.1. The van der Waals surface area contributed by atoms with Gasteiger partial charge < -0.3 is 29.0 Å². The van der Waals surface area contributed by atoms with Gasteiger partial charge >= 0.3 is 5.97 Å². The minimum Gasteiger partial charge on any atom is -0.493 e. The van der Waals surface area contributed by atoms with Crippen molar-refractivity contribution in [2.24, 2.45) is 0 Å². The van der Waals surface area contributed by atoms with Crippen molar-refractivity contribution < 1.29 is 33.3 Å². The molecule has 1 N–H and O–H groups in total. The first-order valence-corrected chi connectivity index (χ1v) is 6.99. The fourth-order valence-corrected chi connectivity index (χ4v) is 1.97. The van der Waals surface area contributed by atoms with Crippen molar-refractivity contribution >= 4 is 17.6 Å². The van der Waals surface area contributed by atoms with Gasteiger partial charge in [0.1, 0.15) is 19.5 Å². The molecule has 0 aliphatic carbocycles. The molecule has 0 radical (unpaired) electrons. The first kappa shape index (κ1) is 15.0. The minimum atomic E-state index is -1.00. The van der Waals surface area contributed by atoms with Crippen molar-refractivity contribution in [2.45, 2.75) is 13.0 Å². The Bertz CT molecular complexity index is 655. The molecule has 0 saturated heterocycles. The predicted octanol–water partition coefficient (Wildman–Crippen LogP) is 1.17. The SMILES string of the molecule is C[C@H](OC(=O)C1=COCCO1)C(=O)Nc1ccc2c(c1)OCO2. The summed E-state index contributed by atoms with van der Waals surface area (Å²) < 4.78 is 25.5. The maximum Gasteiger partial charge on any atom is 0.377 e. The van der Waals surface area contributed by atoms with Crippen LogP contribution >= 0.6 is 0 Å². The molecule has 23 heavy (non-hydrogen) atoms. The molecule has 0 aromatic heterocycles. The highest BCUT2D eigenvalue weighted by atomic mass is 16.7. The zero-order valence-electron chi connectivity index (χ0n) is 12.4. The normalized spacial score (nSPS) is 16.5. The predicted molar refractivity (Wildman–Crippen MR) is 76.7 cm³/mol. The van der Waals surface area contributed by atoms with Crippen LogP contribution in [0.25, 0.3) is 0 Å². The molecule has 1 aromatic rings. The van der Waals surface area contributed by atoms with Gasteiger partial charge in [0, 0.05) is 11.8 Å². The Morgan fingerprint density at radius 3 is 2.78 bits per heavy atom. The van der Waals surface area contributed by atoms with E-state index >= 15 is 0 Å². The average Bonchev–Trinajstić information content (AvgIpc) is 3.03. The fraction of sp³-hybridized carbons (Fsp3) is 0.333. The number of ether oxygens (including phenoxy) is 5. The van der Waals surface area contributed by atoms with Crippen LogP contribution in [0.2, 0.25) is 0 Å². The van der Waals surface area contributed by atoms with E-state index in [1.54, 1.807) is 18.2 Å². The molecule has 2 aliphatic rings. The van der Waals surface area contributed by atoms with Gasteiger partial charge in [-0.25, -0.2) is 4.79 Å².